The fourth-order valence-electron chi connectivity index (χ4n) is 3.41. The average molecular weight is 436 g/mol. The van der Waals surface area contributed by atoms with Crippen LogP contribution in [0.3, 0.4) is 0 Å². The van der Waals surface area contributed by atoms with Crippen LogP contribution in [-0.2, 0) is 4.79 Å². The van der Waals surface area contributed by atoms with Crippen LogP contribution in [0.15, 0.2) is 4.99 Å². The molecule has 1 amide bonds. The maximum Gasteiger partial charge on any atom is 0.224 e. The highest BCUT2D eigenvalue weighted by Gasteiger charge is 2.21. The minimum atomic E-state index is 0. The van der Waals surface area contributed by atoms with Crippen molar-refractivity contribution in [2.45, 2.75) is 46.0 Å². The molecule has 2 aliphatic rings. The van der Waals surface area contributed by atoms with Gasteiger partial charge in [0, 0.05) is 46.2 Å². The average Bonchev–Trinajstić information content (AvgIpc) is 2.52. The molecule has 0 saturated carbocycles. The van der Waals surface area contributed by atoms with Gasteiger partial charge in [-0.25, -0.2) is 0 Å². The lowest BCUT2D eigenvalue weighted by atomic mass is 9.99. The Balaban J connectivity index is 0.00000264. The number of hydrogen-bond acceptors (Lipinski definition) is 2. The fraction of sp³-hybridized carbons (Fsp3) is 0.882. The monoisotopic (exact) mass is 436 g/mol. The highest BCUT2D eigenvalue weighted by atomic mass is 127. The molecule has 2 saturated heterocycles. The molecule has 6 heteroatoms. The van der Waals surface area contributed by atoms with Crippen LogP contribution in [0, 0.1) is 11.8 Å². The Morgan fingerprint density at radius 3 is 2.39 bits per heavy atom. The number of piperidine rings is 2. The van der Waals surface area contributed by atoms with E-state index in [2.05, 4.69) is 29.1 Å². The van der Waals surface area contributed by atoms with E-state index in [9.17, 15) is 4.79 Å². The topological polar surface area (TPSA) is 47.9 Å². The summed E-state index contributed by atoms with van der Waals surface area (Å²) in [5, 5.41) is 3.36. The maximum absolute atomic E-state index is 12.3. The third-order valence-electron chi connectivity index (χ3n) is 4.93. The molecule has 0 aromatic heterocycles. The molecule has 0 spiro atoms. The number of rotatable bonds is 3. The number of amides is 1. The lowest BCUT2D eigenvalue weighted by Crippen LogP contribution is -2.46. The van der Waals surface area contributed by atoms with Crippen LogP contribution in [0.1, 0.15) is 46.0 Å². The number of carbonyl (C=O) groups is 1. The first-order valence-electron chi connectivity index (χ1n) is 8.83. The molecule has 23 heavy (non-hydrogen) atoms. The smallest absolute Gasteiger partial charge is 0.224 e. The molecule has 0 radical (unpaired) electrons. The molecule has 1 atom stereocenters. The van der Waals surface area contributed by atoms with Crippen LogP contribution in [0.25, 0.3) is 0 Å². The van der Waals surface area contributed by atoms with E-state index in [4.69, 9.17) is 0 Å². The summed E-state index contributed by atoms with van der Waals surface area (Å²) in [4.78, 5) is 21.0. The van der Waals surface area contributed by atoms with E-state index in [1.807, 2.05) is 11.9 Å². The lowest BCUT2D eigenvalue weighted by Gasteiger charge is -2.33. The number of nitrogens with zero attached hydrogens (tertiary/aromatic N) is 3. The van der Waals surface area contributed by atoms with Crippen LogP contribution in [0.5, 0.6) is 0 Å². The van der Waals surface area contributed by atoms with Crippen molar-refractivity contribution in [1.82, 2.24) is 15.1 Å². The van der Waals surface area contributed by atoms with Gasteiger partial charge in [-0.05, 0) is 37.5 Å². The van der Waals surface area contributed by atoms with Crippen molar-refractivity contribution in [2.75, 3.05) is 39.8 Å². The Morgan fingerprint density at radius 1 is 1.09 bits per heavy atom. The van der Waals surface area contributed by atoms with Gasteiger partial charge in [-0.1, -0.05) is 13.8 Å². The van der Waals surface area contributed by atoms with Crippen molar-refractivity contribution < 1.29 is 4.79 Å². The minimum absolute atomic E-state index is 0. The van der Waals surface area contributed by atoms with Gasteiger partial charge in [0.1, 0.15) is 0 Å². The summed E-state index contributed by atoms with van der Waals surface area (Å²) in [7, 11) is 1.83. The minimum Gasteiger partial charge on any atom is -0.356 e. The summed E-state index contributed by atoms with van der Waals surface area (Å²) in [6, 6.07) is 0. The Morgan fingerprint density at radius 2 is 1.78 bits per heavy atom. The van der Waals surface area contributed by atoms with Crippen LogP contribution < -0.4 is 5.32 Å². The molecule has 134 valence electrons. The summed E-state index contributed by atoms with van der Waals surface area (Å²) < 4.78 is 0. The van der Waals surface area contributed by atoms with Crippen molar-refractivity contribution in [3.05, 3.63) is 0 Å². The van der Waals surface area contributed by atoms with E-state index in [-0.39, 0.29) is 29.9 Å². The van der Waals surface area contributed by atoms with Crippen molar-refractivity contribution in [1.29, 1.82) is 0 Å². The predicted molar refractivity (Wildman–Crippen MR) is 106 cm³/mol. The molecular formula is C17H33IN4O. The van der Waals surface area contributed by atoms with Crippen molar-refractivity contribution in [3.8, 4) is 0 Å². The maximum atomic E-state index is 12.3. The van der Waals surface area contributed by atoms with Gasteiger partial charge in [-0.3, -0.25) is 9.79 Å². The Bertz CT molecular complexity index is 394. The molecule has 0 aliphatic carbocycles. The number of hydrogen-bond donors (Lipinski definition) is 1. The van der Waals surface area contributed by atoms with E-state index < -0.39 is 0 Å². The summed E-state index contributed by atoms with van der Waals surface area (Å²) in [6.07, 6.45) is 5.42. The molecular weight excluding hydrogens is 403 g/mol. The highest BCUT2D eigenvalue weighted by molar-refractivity contribution is 14.0. The number of aliphatic imine (C=N–C) groups is 1. The van der Waals surface area contributed by atoms with Gasteiger partial charge in [0.05, 0.1) is 0 Å². The third-order valence-corrected chi connectivity index (χ3v) is 4.93. The largest absolute Gasteiger partial charge is 0.356 e. The van der Waals surface area contributed by atoms with Crippen LogP contribution in [0.4, 0.5) is 0 Å². The summed E-state index contributed by atoms with van der Waals surface area (Å²) in [6.45, 7) is 9.22. The predicted octanol–water partition coefficient (Wildman–Crippen LogP) is 2.56. The standard InChI is InChI=1S/C17H32N4O.HI/c1-14-7-11-20(12-8-14)17(18-3)19-9-6-16(22)21-10-4-5-15(2)13-21;/h14-15H,4-13H2,1-3H3,(H,18,19);1H. The first-order valence-corrected chi connectivity index (χ1v) is 8.83. The zero-order chi connectivity index (χ0) is 15.9. The molecule has 2 aliphatic heterocycles. The number of likely N-dealkylation sites (tertiary alicyclic amines) is 2. The van der Waals surface area contributed by atoms with Crippen LogP contribution in [0.2, 0.25) is 0 Å². The van der Waals surface area contributed by atoms with Gasteiger partial charge in [-0.15, -0.1) is 24.0 Å². The van der Waals surface area contributed by atoms with Gasteiger partial charge in [0.2, 0.25) is 5.91 Å². The molecule has 2 fully saturated rings. The quantitative estimate of drug-likeness (QED) is 0.420. The second kappa shape index (κ2) is 10.4. The van der Waals surface area contributed by atoms with Crippen LogP contribution in [-0.4, -0.2) is 61.4 Å². The molecule has 5 nitrogen and oxygen atoms in total. The molecule has 0 bridgehead atoms. The van der Waals surface area contributed by atoms with E-state index in [1.54, 1.807) is 0 Å². The third kappa shape index (κ3) is 6.47. The molecule has 1 unspecified atom stereocenters. The second-order valence-corrected chi connectivity index (χ2v) is 6.98. The van der Waals surface area contributed by atoms with E-state index in [1.165, 1.54) is 19.3 Å². The first kappa shape index (κ1) is 20.5. The van der Waals surface area contributed by atoms with Gasteiger partial charge in [0.15, 0.2) is 5.96 Å². The number of nitrogens with one attached hydrogen (secondary N) is 1. The lowest BCUT2D eigenvalue weighted by molar-refractivity contribution is -0.132. The fourth-order valence-corrected chi connectivity index (χ4v) is 3.41. The van der Waals surface area contributed by atoms with E-state index in [0.29, 0.717) is 18.9 Å². The van der Waals surface area contributed by atoms with Gasteiger partial charge < -0.3 is 15.1 Å². The molecule has 0 aromatic carbocycles. The zero-order valence-electron chi connectivity index (χ0n) is 14.9. The van der Waals surface area contributed by atoms with E-state index in [0.717, 1.165) is 44.5 Å². The zero-order valence-corrected chi connectivity index (χ0v) is 17.2. The van der Waals surface area contributed by atoms with E-state index >= 15 is 0 Å². The van der Waals surface area contributed by atoms with Crippen molar-refractivity contribution >= 4 is 35.8 Å². The first-order chi connectivity index (χ1) is 10.6. The molecule has 2 rings (SSSR count). The van der Waals surface area contributed by atoms with Crippen molar-refractivity contribution in [3.63, 3.8) is 0 Å². The number of carbonyl (C=O) groups excluding carboxylic acids is 1. The van der Waals surface area contributed by atoms with Gasteiger partial charge >= 0.3 is 0 Å². The normalized spacial score (nSPS) is 23.4. The molecule has 2 heterocycles. The number of halogens is 1. The summed E-state index contributed by atoms with van der Waals surface area (Å²) in [5.41, 5.74) is 0. The Labute approximate surface area is 158 Å². The Kier molecular flexibility index (Phi) is 9.24. The second-order valence-electron chi connectivity index (χ2n) is 6.98. The van der Waals surface area contributed by atoms with Gasteiger partial charge in [-0.2, -0.15) is 0 Å². The summed E-state index contributed by atoms with van der Waals surface area (Å²) in [5.74, 6) is 2.69. The summed E-state index contributed by atoms with van der Waals surface area (Å²) >= 11 is 0. The number of guanidine groups is 1. The van der Waals surface area contributed by atoms with Crippen molar-refractivity contribution in [2.24, 2.45) is 16.8 Å². The van der Waals surface area contributed by atoms with Gasteiger partial charge in [0.25, 0.3) is 0 Å². The highest BCUT2D eigenvalue weighted by Crippen LogP contribution is 2.17. The molecule has 0 aromatic rings. The molecule has 1 N–H and O–H groups in total. The Hall–Kier alpha value is -0.530. The SMILES string of the molecule is CN=C(NCCC(=O)N1CCCC(C)C1)N1CCC(C)CC1.I. The van der Waals surface area contributed by atoms with Crippen LogP contribution >= 0.6 is 24.0 Å².